The van der Waals surface area contributed by atoms with E-state index in [2.05, 4.69) is 34.6 Å². The SMILES string of the molecule is CCCCCCCCCCCCCCCCCCCCCCC(=O)O[C@H](COC(=O)CCCCCCCCCCCCCCCCCCCCC)COP(=O)(O)OC[C@@H](O)COP(=O)(O)OC[C@@H](COC(=O)CCCCCCCCCC)OC(=O)CCCCCCCCCCCCCCCCCC(C)C. The molecule has 0 amide bonds. The van der Waals surface area contributed by atoms with Gasteiger partial charge in [-0.05, 0) is 31.6 Å². The molecule has 0 aromatic heterocycles. The summed E-state index contributed by atoms with van der Waals surface area (Å²) in [5.41, 5.74) is 0. The van der Waals surface area contributed by atoms with Crippen LogP contribution < -0.4 is 0 Å². The fraction of sp³-hybridized carbons (Fsp3) is 0.953. The molecule has 0 radical (unpaired) electrons. The lowest BCUT2D eigenvalue weighted by Gasteiger charge is -2.21. The minimum Gasteiger partial charge on any atom is -0.462 e. The Kier molecular flexibility index (Phi) is 77.3. The summed E-state index contributed by atoms with van der Waals surface area (Å²) in [6.45, 7) is 7.36. The van der Waals surface area contributed by atoms with Crippen LogP contribution in [0.25, 0.3) is 0 Å². The van der Waals surface area contributed by atoms with Crippen molar-refractivity contribution in [2.45, 2.75) is 483 Å². The van der Waals surface area contributed by atoms with Gasteiger partial charge >= 0.3 is 39.5 Å². The van der Waals surface area contributed by atoms with Crippen molar-refractivity contribution in [3.8, 4) is 0 Å². The second kappa shape index (κ2) is 78.7. The summed E-state index contributed by atoms with van der Waals surface area (Å²) in [6, 6.07) is 0. The summed E-state index contributed by atoms with van der Waals surface area (Å²) >= 11 is 0. The van der Waals surface area contributed by atoms with Crippen LogP contribution in [-0.4, -0.2) is 96.7 Å². The molecule has 3 N–H and O–H groups in total. The molecule has 2 unspecified atom stereocenters. The molecule has 0 spiro atoms. The molecule has 0 aliphatic rings. The lowest BCUT2D eigenvalue weighted by Crippen LogP contribution is -2.30. The van der Waals surface area contributed by atoms with Gasteiger partial charge in [0, 0.05) is 25.7 Å². The van der Waals surface area contributed by atoms with E-state index in [9.17, 15) is 43.2 Å². The Bertz CT molecular complexity index is 2000. The standard InChI is InChI=1S/C86H168O17P2/c1-6-9-12-15-18-21-23-25-27-29-31-33-35-39-43-47-51-56-61-66-72-86(91)103-82(76-97-84(89)70-65-60-55-50-46-42-38-34-32-30-28-26-24-22-19-16-13-10-7-2)78-101-105(94,95)99-74-80(87)73-98-104(92,93)100-77-81(75-96-83(88)69-64-59-54-20-17-14-11-8-3)102-85(90)71-67-62-57-52-48-44-40-36-37-41-45-49-53-58-63-68-79(4)5/h79-82,87H,6-78H2,1-5H3,(H,92,93)(H,94,95)/t80-,81+,82+/m0/s1. The van der Waals surface area contributed by atoms with Crippen LogP contribution >= 0.6 is 15.6 Å². The topological polar surface area (TPSA) is 237 Å². The average molecular weight is 1540 g/mol. The Morgan fingerprint density at radius 2 is 0.438 bits per heavy atom. The zero-order valence-electron chi connectivity index (χ0n) is 68.9. The maximum Gasteiger partial charge on any atom is 0.472 e. The van der Waals surface area contributed by atoms with E-state index in [1.165, 1.54) is 283 Å². The fourth-order valence-corrected chi connectivity index (χ4v) is 15.1. The number of hydrogen-bond acceptors (Lipinski definition) is 15. The van der Waals surface area contributed by atoms with Gasteiger partial charge < -0.3 is 33.8 Å². The van der Waals surface area contributed by atoms with Crippen LogP contribution in [0.3, 0.4) is 0 Å². The van der Waals surface area contributed by atoms with Crippen molar-refractivity contribution in [1.29, 1.82) is 0 Å². The van der Waals surface area contributed by atoms with Gasteiger partial charge in [-0.3, -0.25) is 37.3 Å². The largest absolute Gasteiger partial charge is 0.472 e. The Balaban J connectivity index is 5.18. The molecule has 17 nitrogen and oxygen atoms in total. The number of aliphatic hydroxyl groups is 1. The Labute approximate surface area is 645 Å². The molecular formula is C86H168O17P2. The van der Waals surface area contributed by atoms with Crippen LogP contribution in [0.4, 0.5) is 0 Å². The van der Waals surface area contributed by atoms with Crippen LogP contribution in [0.5, 0.6) is 0 Å². The number of esters is 4. The van der Waals surface area contributed by atoms with Gasteiger partial charge in [0.15, 0.2) is 12.2 Å². The highest BCUT2D eigenvalue weighted by molar-refractivity contribution is 7.47. The first kappa shape index (κ1) is 103. The quantitative estimate of drug-likeness (QED) is 0.0222. The summed E-state index contributed by atoms with van der Waals surface area (Å²) in [5, 5.41) is 10.7. The smallest absolute Gasteiger partial charge is 0.462 e. The van der Waals surface area contributed by atoms with E-state index < -0.39 is 97.5 Å². The number of rotatable bonds is 86. The van der Waals surface area contributed by atoms with E-state index in [-0.39, 0.29) is 25.7 Å². The number of carbonyl (C=O) groups excluding carboxylic acids is 4. The molecule has 19 heteroatoms. The van der Waals surface area contributed by atoms with Crippen molar-refractivity contribution in [3.63, 3.8) is 0 Å². The van der Waals surface area contributed by atoms with Crippen LogP contribution in [0.1, 0.15) is 465 Å². The van der Waals surface area contributed by atoms with Gasteiger partial charge in [0.2, 0.25) is 0 Å². The van der Waals surface area contributed by atoms with E-state index in [0.29, 0.717) is 25.7 Å². The first-order valence-corrected chi connectivity index (χ1v) is 47.6. The highest BCUT2D eigenvalue weighted by Gasteiger charge is 2.30. The third kappa shape index (κ3) is 79.9. The van der Waals surface area contributed by atoms with Gasteiger partial charge in [0.1, 0.15) is 19.3 Å². The highest BCUT2D eigenvalue weighted by atomic mass is 31.2. The van der Waals surface area contributed by atoms with E-state index in [1.54, 1.807) is 0 Å². The molecule has 0 aliphatic heterocycles. The zero-order chi connectivity index (χ0) is 76.9. The van der Waals surface area contributed by atoms with Crippen molar-refractivity contribution < 1.29 is 80.2 Å². The second-order valence-corrected chi connectivity index (χ2v) is 34.3. The van der Waals surface area contributed by atoms with Crippen molar-refractivity contribution in [2.24, 2.45) is 5.92 Å². The lowest BCUT2D eigenvalue weighted by molar-refractivity contribution is -0.161. The maximum atomic E-state index is 13.1. The lowest BCUT2D eigenvalue weighted by atomic mass is 10.0. The van der Waals surface area contributed by atoms with E-state index in [0.717, 1.165) is 102 Å². The molecule has 0 aliphatic carbocycles. The van der Waals surface area contributed by atoms with E-state index >= 15 is 0 Å². The highest BCUT2D eigenvalue weighted by Crippen LogP contribution is 2.45. The number of aliphatic hydroxyl groups excluding tert-OH is 1. The molecule has 0 heterocycles. The minimum atomic E-state index is -4.96. The van der Waals surface area contributed by atoms with Crippen molar-refractivity contribution in [1.82, 2.24) is 0 Å². The summed E-state index contributed by atoms with van der Waals surface area (Å²) in [5.74, 6) is -1.30. The maximum absolute atomic E-state index is 13.1. The average Bonchev–Trinajstić information content (AvgIpc) is 0.910. The van der Waals surface area contributed by atoms with Gasteiger partial charge in [-0.15, -0.1) is 0 Å². The normalized spacial score (nSPS) is 13.8. The Morgan fingerprint density at radius 1 is 0.257 bits per heavy atom. The third-order valence-corrected chi connectivity index (χ3v) is 22.2. The summed E-state index contributed by atoms with van der Waals surface area (Å²) in [4.78, 5) is 73.1. The second-order valence-electron chi connectivity index (χ2n) is 31.4. The molecule has 0 bridgehead atoms. The van der Waals surface area contributed by atoms with Gasteiger partial charge in [-0.25, -0.2) is 9.13 Å². The molecule has 0 rings (SSSR count). The molecule has 0 fully saturated rings. The van der Waals surface area contributed by atoms with Gasteiger partial charge in [0.25, 0.3) is 0 Å². The molecule has 0 aromatic carbocycles. The van der Waals surface area contributed by atoms with Crippen LogP contribution in [-0.2, 0) is 65.4 Å². The van der Waals surface area contributed by atoms with Crippen molar-refractivity contribution >= 4 is 39.5 Å². The molecule has 0 aromatic rings. The Morgan fingerprint density at radius 3 is 0.648 bits per heavy atom. The molecule has 105 heavy (non-hydrogen) atoms. The molecule has 624 valence electrons. The van der Waals surface area contributed by atoms with Crippen molar-refractivity contribution in [2.75, 3.05) is 39.6 Å². The zero-order valence-corrected chi connectivity index (χ0v) is 70.7. The van der Waals surface area contributed by atoms with Crippen LogP contribution in [0.15, 0.2) is 0 Å². The molecule has 0 saturated heterocycles. The predicted octanol–water partition coefficient (Wildman–Crippen LogP) is 26.4. The van der Waals surface area contributed by atoms with Gasteiger partial charge in [-0.2, -0.15) is 0 Å². The summed E-state index contributed by atoms with van der Waals surface area (Å²) < 4.78 is 68.8. The van der Waals surface area contributed by atoms with Crippen molar-refractivity contribution in [3.05, 3.63) is 0 Å². The summed E-state index contributed by atoms with van der Waals surface area (Å²) in [7, 11) is -9.92. The first-order chi connectivity index (χ1) is 51.0. The van der Waals surface area contributed by atoms with E-state index in [4.69, 9.17) is 37.0 Å². The van der Waals surface area contributed by atoms with Gasteiger partial charge in [0.05, 0.1) is 26.4 Å². The monoisotopic (exact) mass is 1540 g/mol. The number of hydrogen-bond donors (Lipinski definition) is 3. The minimum absolute atomic E-state index is 0.108. The van der Waals surface area contributed by atoms with E-state index in [1.807, 2.05) is 0 Å². The first-order valence-electron chi connectivity index (χ1n) is 44.6. The molecule has 0 saturated carbocycles. The fourth-order valence-electron chi connectivity index (χ4n) is 13.5. The molecule has 5 atom stereocenters. The number of phosphoric ester groups is 2. The Hall–Kier alpha value is -1.94. The summed E-state index contributed by atoms with van der Waals surface area (Å²) in [6.07, 6.45) is 72.4. The number of ether oxygens (including phenoxy) is 4. The number of unbranched alkanes of at least 4 members (excludes halogenated alkanes) is 58. The third-order valence-electron chi connectivity index (χ3n) is 20.3. The number of carbonyl (C=O) groups is 4. The molecular weight excluding hydrogens is 1370 g/mol. The van der Waals surface area contributed by atoms with Crippen LogP contribution in [0.2, 0.25) is 0 Å². The predicted molar refractivity (Wildman–Crippen MR) is 432 cm³/mol. The number of phosphoric acid groups is 2. The van der Waals surface area contributed by atoms with Gasteiger partial charge in [-0.1, -0.05) is 413 Å². The van der Waals surface area contributed by atoms with Crippen LogP contribution in [0, 0.1) is 5.92 Å².